The van der Waals surface area contributed by atoms with Crippen LogP contribution in [-0.2, 0) is 33.8 Å². The van der Waals surface area contributed by atoms with E-state index >= 15 is 0 Å². The molecule has 0 saturated carbocycles. The topological polar surface area (TPSA) is 0 Å². The summed E-state index contributed by atoms with van der Waals surface area (Å²) in [7, 11) is 0. The Hall–Kier alpha value is 3.23. The van der Waals surface area contributed by atoms with Crippen molar-refractivity contribution in [3.8, 4) is 0 Å². The first-order valence-corrected chi connectivity index (χ1v) is 0. The predicted molar refractivity (Wildman–Crippen MR) is 5.75 cm³/mol. The fraction of sp³-hybridized carbons (Fsp3) is 0. The first-order valence-electron chi connectivity index (χ1n) is 0. The average Bonchev–Trinajstić information content (AvgIpc) is 0. The van der Waals surface area contributed by atoms with E-state index in [-0.39, 0.29) is 100.0 Å². The molecular formula is BiCoFeGd. The Kier molecular flexibility index (Phi) is 110. The summed E-state index contributed by atoms with van der Waals surface area (Å²) in [5.74, 6) is 0. The molecule has 30 valence electrons. The van der Waals surface area contributed by atoms with Gasteiger partial charge in [0.05, 0.1) is 0 Å². The molecule has 0 atom stereocenters. The molecule has 0 bridgehead atoms. The zero-order chi connectivity index (χ0) is 0. The van der Waals surface area contributed by atoms with Crippen molar-refractivity contribution in [3.05, 3.63) is 0 Å². The smallest absolute Gasteiger partial charge is 0 e. The van der Waals surface area contributed by atoms with Gasteiger partial charge >= 0.3 is 0 Å². The van der Waals surface area contributed by atoms with Gasteiger partial charge in [0.2, 0.25) is 0 Å². The largest absolute Gasteiger partial charge is 0 e. The molecule has 0 aromatic heterocycles. The SMILES string of the molecule is [Bi].[Co].[Fe].[Gd]. The van der Waals surface area contributed by atoms with Crippen molar-refractivity contribution in [1.82, 2.24) is 0 Å². The third-order valence-corrected chi connectivity index (χ3v) is 0. The molecule has 0 N–H and O–H groups in total. The molecular weight excluding hydrogens is 481 g/mol. The van der Waals surface area contributed by atoms with Gasteiger partial charge in [-0.3, -0.25) is 0 Å². The summed E-state index contributed by atoms with van der Waals surface area (Å²) in [6, 6.07) is 0. The monoisotopic (exact) mass is 482 g/mol. The summed E-state index contributed by atoms with van der Waals surface area (Å²) in [5.41, 5.74) is 0. The molecule has 0 nitrogen and oxygen atoms in total. The maximum Gasteiger partial charge on any atom is 0 e. The van der Waals surface area contributed by atoms with Gasteiger partial charge in [0.1, 0.15) is 0 Å². The fourth-order valence-corrected chi connectivity index (χ4v) is 0. The first kappa shape index (κ1) is 26.9. The van der Waals surface area contributed by atoms with E-state index in [1.165, 1.54) is 0 Å². The number of hydrogen-bond donors (Lipinski definition) is 0. The summed E-state index contributed by atoms with van der Waals surface area (Å²) in [6.07, 6.45) is 0. The van der Waals surface area contributed by atoms with Crippen LogP contribution in [0.4, 0.5) is 0 Å². The Balaban J connectivity index is 0. The van der Waals surface area contributed by atoms with Gasteiger partial charge in [-0.1, -0.05) is 0 Å². The molecule has 0 aromatic rings. The average molecular weight is 481 g/mol. The van der Waals surface area contributed by atoms with Gasteiger partial charge < -0.3 is 0 Å². The van der Waals surface area contributed by atoms with Gasteiger partial charge in [0.25, 0.3) is 0 Å². The van der Waals surface area contributed by atoms with Crippen LogP contribution in [-0.4, -0.2) is 26.2 Å². The van der Waals surface area contributed by atoms with Crippen LogP contribution in [0, 0.1) is 39.9 Å². The second-order valence-electron chi connectivity index (χ2n) is 0. The number of rotatable bonds is 0. The molecule has 0 aliphatic heterocycles. The van der Waals surface area contributed by atoms with Crippen LogP contribution in [0.3, 0.4) is 0 Å². The normalized spacial score (nSPS) is 0. The molecule has 0 aromatic carbocycles. The van der Waals surface area contributed by atoms with Crippen molar-refractivity contribution in [3.63, 3.8) is 0 Å². The Bertz CT molecular complexity index is 8.00. The predicted octanol–water partition coefficient (Wildman–Crippen LogP) is -0.386. The second-order valence-corrected chi connectivity index (χ2v) is 0. The summed E-state index contributed by atoms with van der Waals surface area (Å²) < 4.78 is 0. The maximum absolute atomic E-state index is 0. The summed E-state index contributed by atoms with van der Waals surface area (Å²) >= 11 is 0. The molecule has 4 radical (unpaired) electrons. The Morgan fingerprint density at radius 1 is 1.00 bits per heavy atom. The minimum Gasteiger partial charge on any atom is 0 e. The van der Waals surface area contributed by atoms with E-state index in [1.54, 1.807) is 0 Å². The molecule has 4 heteroatoms. The van der Waals surface area contributed by atoms with Crippen molar-refractivity contribution in [2.45, 2.75) is 0 Å². The molecule has 0 fully saturated rings. The van der Waals surface area contributed by atoms with Crippen molar-refractivity contribution in [1.29, 1.82) is 0 Å². The van der Waals surface area contributed by atoms with E-state index in [1.807, 2.05) is 0 Å². The van der Waals surface area contributed by atoms with Gasteiger partial charge in [0, 0.05) is 100.0 Å². The molecule has 4 heavy (non-hydrogen) atoms. The summed E-state index contributed by atoms with van der Waals surface area (Å²) in [5, 5.41) is 0. The van der Waals surface area contributed by atoms with E-state index in [0.717, 1.165) is 0 Å². The van der Waals surface area contributed by atoms with Crippen LogP contribution >= 0.6 is 0 Å². The molecule has 0 spiro atoms. The zero-order valence-electron chi connectivity index (χ0n) is 1.49. The van der Waals surface area contributed by atoms with Crippen LogP contribution in [0.1, 0.15) is 0 Å². The molecule has 0 aliphatic rings. The van der Waals surface area contributed by atoms with Crippen LogP contribution < -0.4 is 0 Å². The molecule has 0 amide bonds. The van der Waals surface area contributed by atoms with Gasteiger partial charge in [-0.15, -0.1) is 0 Å². The molecule has 0 heterocycles. The van der Waals surface area contributed by atoms with Crippen molar-refractivity contribution in [2.75, 3.05) is 0 Å². The first-order chi connectivity index (χ1) is 0. The maximum atomic E-state index is 0. The Morgan fingerprint density at radius 2 is 1.00 bits per heavy atom. The fourth-order valence-electron chi connectivity index (χ4n) is 0. The van der Waals surface area contributed by atoms with Crippen LogP contribution in [0.2, 0.25) is 0 Å². The second kappa shape index (κ2) is 16.3. The minimum atomic E-state index is 0. The molecule has 0 unspecified atom stereocenters. The Morgan fingerprint density at radius 3 is 1.00 bits per heavy atom. The van der Waals surface area contributed by atoms with E-state index < -0.39 is 0 Å². The zero-order valence-corrected chi connectivity index (χ0v) is 9.38. The summed E-state index contributed by atoms with van der Waals surface area (Å²) in [6.45, 7) is 0. The minimum absolute atomic E-state index is 0. The van der Waals surface area contributed by atoms with E-state index in [4.69, 9.17) is 0 Å². The van der Waals surface area contributed by atoms with Gasteiger partial charge in [-0.25, -0.2) is 0 Å². The van der Waals surface area contributed by atoms with Gasteiger partial charge in [-0.2, -0.15) is 0 Å². The van der Waals surface area contributed by atoms with Gasteiger partial charge in [0.15, 0.2) is 0 Å². The standard InChI is InChI=1S/Bi.Co.Fe.Gd. The molecule has 0 rings (SSSR count). The van der Waals surface area contributed by atoms with Crippen molar-refractivity contribution < 1.29 is 73.8 Å². The molecule has 0 saturated heterocycles. The third-order valence-electron chi connectivity index (χ3n) is 0. The van der Waals surface area contributed by atoms with E-state index in [2.05, 4.69) is 0 Å². The van der Waals surface area contributed by atoms with Crippen LogP contribution in [0.15, 0.2) is 0 Å². The van der Waals surface area contributed by atoms with E-state index in [9.17, 15) is 0 Å². The third kappa shape index (κ3) is 8.97. The Labute approximate surface area is 97.7 Å². The van der Waals surface area contributed by atoms with E-state index in [0.29, 0.717) is 0 Å². The van der Waals surface area contributed by atoms with Gasteiger partial charge in [-0.05, 0) is 0 Å². The molecule has 0 aliphatic carbocycles. The quantitative estimate of drug-likeness (QED) is 0.415. The van der Waals surface area contributed by atoms with Crippen LogP contribution in [0.5, 0.6) is 0 Å². The summed E-state index contributed by atoms with van der Waals surface area (Å²) in [4.78, 5) is 0. The van der Waals surface area contributed by atoms with Crippen LogP contribution in [0.25, 0.3) is 0 Å². The van der Waals surface area contributed by atoms with Crippen molar-refractivity contribution in [2.24, 2.45) is 0 Å². The number of hydrogen-bond acceptors (Lipinski definition) is 0. The van der Waals surface area contributed by atoms with Crippen molar-refractivity contribution >= 4 is 26.2 Å².